The minimum Gasteiger partial charge on any atom is -0.489 e. The van der Waals surface area contributed by atoms with Gasteiger partial charge in [0, 0.05) is 37.9 Å². The Morgan fingerprint density at radius 3 is 2.14 bits per heavy atom. The second-order valence-corrected chi connectivity index (χ2v) is 8.40. The number of ether oxygens (including phenoxy) is 2. The van der Waals surface area contributed by atoms with Crippen molar-refractivity contribution < 1.29 is 19.1 Å². The Labute approximate surface area is 206 Å². The Morgan fingerprint density at radius 1 is 0.857 bits per heavy atom. The van der Waals surface area contributed by atoms with Gasteiger partial charge in [-0.15, -0.1) is 0 Å². The fourth-order valence-electron chi connectivity index (χ4n) is 3.93. The van der Waals surface area contributed by atoms with Crippen LogP contribution in [0.15, 0.2) is 91.0 Å². The van der Waals surface area contributed by atoms with Crippen LogP contribution in [0.25, 0.3) is 6.08 Å². The zero-order valence-electron chi connectivity index (χ0n) is 19.9. The molecule has 180 valence electrons. The van der Waals surface area contributed by atoms with E-state index < -0.39 is 12.1 Å². The Bertz CT molecular complexity index is 1120. The van der Waals surface area contributed by atoms with Crippen molar-refractivity contribution in [3.05, 3.63) is 102 Å². The summed E-state index contributed by atoms with van der Waals surface area (Å²) in [4.78, 5) is 29.0. The van der Waals surface area contributed by atoms with Gasteiger partial charge in [-0.25, -0.2) is 4.79 Å². The number of carbonyl (C=O) groups is 2. The standard InChI is InChI=1S/C29H30N2O4/c1-23(29(33)31-20-18-30(19-21-31)26-10-6-3-7-11-26)35-28(32)17-14-24-12-15-27(16-13-24)34-22-25-8-4-2-5-9-25/h2-17,23H,18-22H2,1H3/b17-14+. The highest BCUT2D eigenvalue weighted by Crippen LogP contribution is 2.17. The molecular weight excluding hydrogens is 440 g/mol. The van der Waals surface area contributed by atoms with Gasteiger partial charge in [-0.05, 0) is 48.4 Å². The summed E-state index contributed by atoms with van der Waals surface area (Å²) in [5, 5.41) is 0. The number of esters is 1. The van der Waals surface area contributed by atoms with E-state index in [1.54, 1.807) is 17.9 Å². The minimum absolute atomic E-state index is 0.167. The van der Waals surface area contributed by atoms with Crippen LogP contribution in [0, 0.1) is 0 Å². The molecule has 1 fully saturated rings. The van der Waals surface area contributed by atoms with Gasteiger partial charge in [0.05, 0.1) is 0 Å². The van der Waals surface area contributed by atoms with Crippen molar-refractivity contribution in [1.29, 1.82) is 0 Å². The van der Waals surface area contributed by atoms with Gasteiger partial charge in [0.25, 0.3) is 5.91 Å². The van der Waals surface area contributed by atoms with E-state index in [2.05, 4.69) is 17.0 Å². The first kappa shape index (κ1) is 24.1. The topological polar surface area (TPSA) is 59.1 Å². The third-order valence-electron chi connectivity index (χ3n) is 5.89. The first-order valence-electron chi connectivity index (χ1n) is 11.8. The molecule has 1 aliphatic rings. The second-order valence-electron chi connectivity index (χ2n) is 8.40. The largest absolute Gasteiger partial charge is 0.489 e. The summed E-state index contributed by atoms with van der Waals surface area (Å²) in [6.45, 7) is 4.82. The average Bonchev–Trinajstić information content (AvgIpc) is 2.92. The van der Waals surface area contributed by atoms with Crippen molar-refractivity contribution in [1.82, 2.24) is 4.90 Å². The number of amides is 1. The molecule has 0 aromatic heterocycles. The molecule has 1 unspecified atom stereocenters. The van der Waals surface area contributed by atoms with Crippen LogP contribution in [0.3, 0.4) is 0 Å². The van der Waals surface area contributed by atoms with E-state index in [4.69, 9.17) is 9.47 Å². The minimum atomic E-state index is -0.829. The second kappa shape index (κ2) is 11.9. The molecule has 35 heavy (non-hydrogen) atoms. The van der Waals surface area contributed by atoms with Gasteiger partial charge in [-0.2, -0.15) is 0 Å². The molecule has 1 amide bonds. The molecule has 1 aliphatic heterocycles. The smallest absolute Gasteiger partial charge is 0.331 e. The fourth-order valence-corrected chi connectivity index (χ4v) is 3.93. The SMILES string of the molecule is CC(OC(=O)/C=C/c1ccc(OCc2ccccc2)cc1)C(=O)N1CCN(c2ccccc2)CC1. The third kappa shape index (κ3) is 6.96. The van der Waals surface area contributed by atoms with Crippen molar-refractivity contribution in [3.8, 4) is 5.75 Å². The van der Waals surface area contributed by atoms with Crippen LogP contribution >= 0.6 is 0 Å². The van der Waals surface area contributed by atoms with E-state index in [1.807, 2.05) is 72.8 Å². The number of hydrogen-bond acceptors (Lipinski definition) is 5. The van der Waals surface area contributed by atoms with Gasteiger partial charge in [-0.1, -0.05) is 60.7 Å². The maximum absolute atomic E-state index is 12.7. The van der Waals surface area contributed by atoms with Gasteiger partial charge in [0.15, 0.2) is 6.10 Å². The van der Waals surface area contributed by atoms with E-state index in [0.29, 0.717) is 19.7 Å². The predicted octanol–water partition coefficient (Wildman–Crippen LogP) is 4.56. The molecule has 4 rings (SSSR count). The maximum atomic E-state index is 12.7. The Kier molecular flexibility index (Phi) is 8.17. The van der Waals surface area contributed by atoms with E-state index in [9.17, 15) is 9.59 Å². The lowest BCUT2D eigenvalue weighted by Crippen LogP contribution is -2.51. The molecule has 0 radical (unpaired) electrons. The molecule has 0 spiro atoms. The molecule has 3 aromatic carbocycles. The first-order chi connectivity index (χ1) is 17.1. The van der Waals surface area contributed by atoms with Crippen LogP contribution in [0.5, 0.6) is 5.75 Å². The molecule has 0 bridgehead atoms. The van der Waals surface area contributed by atoms with Crippen molar-refractivity contribution in [2.45, 2.75) is 19.6 Å². The number of rotatable bonds is 8. The highest BCUT2D eigenvalue weighted by atomic mass is 16.5. The predicted molar refractivity (Wildman–Crippen MR) is 137 cm³/mol. The Morgan fingerprint density at radius 2 is 1.49 bits per heavy atom. The third-order valence-corrected chi connectivity index (χ3v) is 5.89. The summed E-state index contributed by atoms with van der Waals surface area (Å²) in [5.74, 6) is 0.0396. The summed E-state index contributed by atoms with van der Waals surface area (Å²) in [5.41, 5.74) is 3.09. The van der Waals surface area contributed by atoms with Crippen LogP contribution in [0.2, 0.25) is 0 Å². The van der Waals surface area contributed by atoms with Crippen LogP contribution in [0.4, 0.5) is 5.69 Å². The molecule has 0 saturated carbocycles. The molecule has 3 aromatic rings. The molecule has 1 heterocycles. The number of anilines is 1. The lowest BCUT2D eigenvalue weighted by molar-refractivity contribution is -0.155. The van der Waals surface area contributed by atoms with Crippen molar-refractivity contribution in [2.75, 3.05) is 31.1 Å². The van der Waals surface area contributed by atoms with Crippen LogP contribution in [0.1, 0.15) is 18.1 Å². The summed E-state index contributed by atoms with van der Waals surface area (Å²) >= 11 is 0. The number of para-hydroxylation sites is 1. The summed E-state index contributed by atoms with van der Waals surface area (Å²) in [6.07, 6.45) is 2.18. The zero-order chi connectivity index (χ0) is 24.5. The van der Waals surface area contributed by atoms with Crippen LogP contribution < -0.4 is 9.64 Å². The van der Waals surface area contributed by atoms with Gasteiger partial charge >= 0.3 is 5.97 Å². The fraction of sp³-hybridized carbons (Fsp3) is 0.241. The van der Waals surface area contributed by atoms with Crippen LogP contribution in [-0.4, -0.2) is 49.1 Å². The van der Waals surface area contributed by atoms with E-state index in [-0.39, 0.29) is 5.91 Å². The van der Waals surface area contributed by atoms with E-state index in [1.165, 1.54) is 6.08 Å². The zero-order valence-corrected chi connectivity index (χ0v) is 19.9. The van der Waals surface area contributed by atoms with E-state index in [0.717, 1.165) is 35.7 Å². The first-order valence-corrected chi connectivity index (χ1v) is 11.8. The van der Waals surface area contributed by atoms with E-state index >= 15 is 0 Å². The molecule has 6 heteroatoms. The highest BCUT2D eigenvalue weighted by Gasteiger charge is 2.26. The number of nitrogens with zero attached hydrogens (tertiary/aromatic N) is 2. The number of benzene rings is 3. The van der Waals surface area contributed by atoms with Gasteiger partial charge in [-0.3, -0.25) is 4.79 Å². The lowest BCUT2D eigenvalue weighted by Gasteiger charge is -2.36. The number of carbonyl (C=O) groups excluding carboxylic acids is 2. The van der Waals surface area contributed by atoms with Crippen molar-refractivity contribution in [2.24, 2.45) is 0 Å². The lowest BCUT2D eigenvalue weighted by atomic mass is 10.2. The molecule has 6 nitrogen and oxygen atoms in total. The van der Waals surface area contributed by atoms with Crippen molar-refractivity contribution in [3.63, 3.8) is 0 Å². The summed E-state index contributed by atoms with van der Waals surface area (Å²) in [7, 11) is 0. The van der Waals surface area contributed by atoms with Crippen molar-refractivity contribution >= 4 is 23.6 Å². The normalized spacial score (nSPS) is 14.5. The van der Waals surface area contributed by atoms with Gasteiger partial charge in [0.2, 0.25) is 0 Å². The average molecular weight is 471 g/mol. The van der Waals surface area contributed by atoms with Gasteiger partial charge in [0.1, 0.15) is 12.4 Å². The maximum Gasteiger partial charge on any atom is 0.331 e. The molecule has 0 N–H and O–H groups in total. The Balaban J connectivity index is 1.21. The molecule has 0 aliphatic carbocycles. The molecule has 1 atom stereocenters. The van der Waals surface area contributed by atoms with Gasteiger partial charge < -0.3 is 19.3 Å². The number of piperazine rings is 1. The molecule has 1 saturated heterocycles. The van der Waals surface area contributed by atoms with Crippen LogP contribution in [-0.2, 0) is 20.9 Å². The quantitative estimate of drug-likeness (QED) is 0.357. The highest BCUT2D eigenvalue weighted by molar-refractivity contribution is 5.90. The number of hydrogen-bond donors (Lipinski definition) is 0. The summed E-state index contributed by atoms with van der Waals surface area (Å²) in [6, 6.07) is 27.5. The Hall–Kier alpha value is -4.06. The molecular formula is C29H30N2O4. The monoisotopic (exact) mass is 470 g/mol. The summed E-state index contributed by atoms with van der Waals surface area (Å²) < 4.78 is 11.1.